The molecule has 0 spiro atoms. The Bertz CT molecular complexity index is 118. The van der Waals surface area contributed by atoms with E-state index in [4.69, 9.17) is 0 Å². The number of hydrogen-bond donors (Lipinski definition) is 1. The van der Waals surface area contributed by atoms with Crippen LogP contribution >= 0.6 is 0 Å². The lowest BCUT2D eigenvalue weighted by Crippen LogP contribution is -2.15. The second kappa shape index (κ2) is 6.64. The lowest BCUT2D eigenvalue weighted by Gasteiger charge is -2.06. The van der Waals surface area contributed by atoms with Crippen LogP contribution in [0.15, 0.2) is 0 Å². The van der Waals surface area contributed by atoms with Crippen LogP contribution in [0.2, 0.25) is 0 Å². The van der Waals surface area contributed by atoms with Crippen molar-refractivity contribution in [3.05, 3.63) is 0 Å². The van der Waals surface area contributed by atoms with Crippen molar-refractivity contribution in [1.29, 1.82) is 0 Å². The maximum absolute atomic E-state index is 3.15. The van der Waals surface area contributed by atoms with Crippen LogP contribution in [-0.4, -0.2) is 13.6 Å². The Morgan fingerprint density at radius 2 is 2.20 bits per heavy atom. The van der Waals surface area contributed by atoms with Gasteiger partial charge in [0.25, 0.3) is 0 Å². The molecular weight excluding hydrogens is 122 g/mol. The van der Waals surface area contributed by atoms with Gasteiger partial charge in [-0.15, -0.1) is 11.8 Å². The fraction of sp³-hybridized carbons (Fsp3) is 0.778. The quantitative estimate of drug-likeness (QED) is 0.584. The van der Waals surface area contributed by atoms with E-state index >= 15 is 0 Å². The summed E-state index contributed by atoms with van der Waals surface area (Å²) in [6.07, 6.45) is 2.25. The van der Waals surface area contributed by atoms with E-state index in [1.807, 2.05) is 14.0 Å². The van der Waals surface area contributed by atoms with E-state index in [9.17, 15) is 0 Å². The second-order valence-corrected chi connectivity index (χ2v) is 2.63. The monoisotopic (exact) mass is 139 g/mol. The van der Waals surface area contributed by atoms with Gasteiger partial charge in [-0.1, -0.05) is 6.92 Å². The Morgan fingerprint density at radius 1 is 1.50 bits per heavy atom. The Balaban J connectivity index is 3.18. The first kappa shape index (κ1) is 9.52. The van der Waals surface area contributed by atoms with Crippen molar-refractivity contribution < 1.29 is 0 Å². The van der Waals surface area contributed by atoms with Crippen molar-refractivity contribution in [3.63, 3.8) is 0 Å². The first-order valence-electron chi connectivity index (χ1n) is 3.85. The molecule has 0 aliphatic rings. The molecule has 1 atom stereocenters. The highest BCUT2D eigenvalue weighted by molar-refractivity contribution is 4.94. The molecule has 10 heavy (non-hydrogen) atoms. The summed E-state index contributed by atoms with van der Waals surface area (Å²) < 4.78 is 0. The molecule has 1 unspecified atom stereocenters. The average Bonchev–Trinajstić information content (AvgIpc) is 1.89. The molecule has 0 aromatic carbocycles. The van der Waals surface area contributed by atoms with Gasteiger partial charge in [-0.3, -0.25) is 0 Å². The van der Waals surface area contributed by atoms with E-state index in [2.05, 4.69) is 24.1 Å². The summed E-state index contributed by atoms with van der Waals surface area (Å²) in [4.78, 5) is 0. The van der Waals surface area contributed by atoms with Crippen LogP contribution in [-0.2, 0) is 0 Å². The summed E-state index contributed by atoms with van der Waals surface area (Å²) in [7, 11) is 1.99. The normalized spacial score (nSPS) is 11.9. The van der Waals surface area contributed by atoms with Crippen LogP contribution in [0.4, 0.5) is 0 Å². The SMILES string of the molecule is CC#CCCC(C)CNC. The topological polar surface area (TPSA) is 12.0 Å². The zero-order chi connectivity index (χ0) is 7.82. The van der Waals surface area contributed by atoms with Gasteiger partial charge in [0.05, 0.1) is 0 Å². The van der Waals surface area contributed by atoms with Crippen molar-refractivity contribution in [3.8, 4) is 11.8 Å². The third-order valence-corrected chi connectivity index (χ3v) is 1.49. The number of nitrogens with one attached hydrogen (secondary N) is 1. The maximum Gasteiger partial charge on any atom is 0.00915 e. The molecule has 1 N–H and O–H groups in total. The van der Waals surface area contributed by atoms with Crippen LogP contribution in [0.5, 0.6) is 0 Å². The van der Waals surface area contributed by atoms with Crippen molar-refractivity contribution in [2.45, 2.75) is 26.7 Å². The van der Waals surface area contributed by atoms with E-state index < -0.39 is 0 Å². The minimum absolute atomic E-state index is 0.755. The number of hydrogen-bond acceptors (Lipinski definition) is 1. The van der Waals surface area contributed by atoms with Crippen molar-refractivity contribution in [2.24, 2.45) is 5.92 Å². The standard InChI is InChI=1S/C9H17N/c1-4-5-6-7-9(2)8-10-3/h9-10H,6-8H2,1-3H3. The smallest absolute Gasteiger partial charge is 0.00915 e. The Kier molecular flexibility index (Phi) is 6.32. The lowest BCUT2D eigenvalue weighted by molar-refractivity contribution is 0.512. The van der Waals surface area contributed by atoms with E-state index in [1.54, 1.807) is 0 Å². The Morgan fingerprint density at radius 3 is 2.70 bits per heavy atom. The van der Waals surface area contributed by atoms with Gasteiger partial charge in [-0.05, 0) is 32.9 Å². The van der Waals surface area contributed by atoms with Crippen LogP contribution in [0.3, 0.4) is 0 Å². The summed E-state index contributed by atoms with van der Waals surface area (Å²) in [5, 5.41) is 3.15. The molecule has 1 heteroatoms. The fourth-order valence-electron chi connectivity index (χ4n) is 0.894. The molecule has 58 valence electrons. The van der Waals surface area contributed by atoms with E-state index in [0.717, 1.165) is 18.9 Å². The molecule has 0 heterocycles. The first-order valence-corrected chi connectivity index (χ1v) is 3.85. The fourth-order valence-corrected chi connectivity index (χ4v) is 0.894. The molecule has 0 fully saturated rings. The van der Waals surface area contributed by atoms with Crippen molar-refractivity contribution in [1.82, 2.24) is 5.32 Å². The highest BCUT2D eigenvalue weighted by Gasteiger charge is 1.96. The van der Waals surface area contributed by atoms with Gasteiger partial charge in [0.15, 0.2) is 0 Å². The van der Waals surface area contributed by atoms with Crippen LogP contribution in [0.1, 0.15) is 26.7 Å². The molecule has 0 rings (SSSR count). The molecule has 0 saturated heterocycles. The van der Waals surface area contributed by atoms with Gasteiger partial charge < -0.3 is 5.32 Å². The van der Waals surface area contributed by atoms with Gasteiger partial charge in [-0.25, -0.2) is 0 Å². The van der Waals surface area contributed by atoms with Gasteiger partial charge in [0, 0.05) is 6.42 Å². The highest BCUT2D eigenvalue weighted by atomic mass is 14.8. The summed E-state index contributed by atoms with van der Waals surface area (Å²) >= 11 is 0. The molecule has 0 aromatic rings. The van der Waals surface area contributed by atoms with E-state index in [-0.39, 0.29) is 0 Å². The molecule has 0 aromatic heterocycles. The first-order chi connectivity index (χ1) is 4.81. The minimum Gasteiger partial charge on any atom is -0.319 e. The van der Waals surface area contributed by atoms with E-state index in [1.165, 1.54) is 6.42 Å². The molecule has 1 nitrogen and oxygen atoms in total. The van der Waals surface area contributed by atoms with Crippen LogP contribution in [0.25, 0.3) is 0 Å². The summed E-state index contributed by atoms with van der Waals surface area (Å²) in [5.74, 6) is 6.71. The highest BCUT2D eigenvalue weighted by Crippen LogP contribution is 2.01. The maximum atomic E-state index is 3.15. The third-order valence-electron chi connectivity index (χ3n) is 1.49. The Hall–Kier alpha value is -0.480. The molecule has 0 saturated carbocycles. The molecule has 0 aliphatic carbocycles. The van der Waals surface area contributed by atoms with Crippen LogP contribution in [0, 0.1) is 17.8 Å². The molecule has 0 radical (unpaired) electrons. The van der Waals surface area contributed by atoms with Gasteiger partial charge in [-0.2, -0.15) is 0 Å². The summed E-state index contributed by atoms with van der Waals surface area (Å²) in [6.45, 7) is 5.24. The molecule has 0 bridgehead atoms. The predicted octanol–water partition coefficient (Wildman–Crippen LogP) is 1.65. The van der Waals surface area contributed by atoms with Gasteiger partial charge in [0.2, 0.25) is 0 Å². The molecular formula is C9H17N. The van der Waals surface area contributed by atoms with Crippen molar-refractivity contribution >= 4 is 0 Å². The average molecular weight is 139 g/mol. The zero-order valence-electron chi connectivity index (χ0n) is 7.20. The van der Waals surface area contributed by atoms with E-state index in [0.29, 0.717) is 0 Å². The lowest BCUT2D eigenvalue weighted by atomic mass is 10.1. The second-order valence-electron chi connectivity index (χ2n) is 2.63. The van der Waals surface area contributed by atoms with Gasteiger partial charge >= 0.3 is 0 Å². The largest absolute Gasteiger partial charge is 0.319 e. The summed E-state index contributed by atoms with van der Waals surface area (Å²) in [6, 6.07) is 0. The third kappa shape index (κ3) is 5.65. The van der Waals surface area contributed by atoms with Gasteiger partial charge in [0.1, 0.15) is 0 Å². The summed E-state index contributed by atoms with van der Waals surface area (Å²) in [5.41, 5.74) is 0. The van der Waals surface area contributed by atoms with Crippen LogP contribution < -0.4 is 5.32 Å². The zero-order valence-corrected chi connectivity index (χ0v) is 7.20. The predicted molar refractivity (Wildman–Crippen MR) is 45.8 cm³/mol. The molecule has 0 aliphatic heterocycles. The minimum atomic E-state index is 0.755. The van der Waals surface area contributed by atoms with Crippen molar-refractivity contribution in [2.75, 3.05) is 13.6 Å². The Labute approximate surface area is 64.2 Å². The number of rotatable bonds is 4. The molecule has 0 amide bonds.